The lowest BCUT2D eigenvalue weighted by Gasteiger charge is -2.07. The lowest BCUT2D eigenvalue weighted by Crippen LogP contribution is -1.93. The van der Waals surface area contributed by atoms with Crippen LogP contribution in [0.3, 0.4) is 0 Å². The van der Waals surface area contributed by atoms with Crippen LogP contribution in [0.1, 0.15) is 38.2 Å². The molecular weight excluding hydrogens is 238 g/mol. The van der Waals surface area contributed by atoms with Gasteiger partial charge in [0.1, 0.15) is 0 Å². The van der Waals surface area contributed by atoms with Crippen LogP contribution in [0.5, 0.6) is 0 Å². The molecule has 2 aromatic carbocycles. The first-order valence-electron chi connectivity index (χ1n) is 6.88. The van der Waals surface area contributed by atoms with Crippen molar-refractivity contribution in [1.82, 2.24) is 0 Å². The van der Waals surface area contributed by atoms with E-state index in [1.807, 2.05) is 24.3 Å². The van der Waals surface area contributed by atoms with E-state index in [4.69, 9.17) is 0 Å². The largest absolute Gasteiger partial charge is 0.270 e. The summed E-state index contributed by atoms with van der Waals surface area (Å²) in [5.74, 6) is 0. The average Bonchev–Trinajstić information content (AvgIpc) is 2.43. The van der Waals surface area contributed by atoms with Crippen molar-refractivity contribution in [1.29, 1.82) is 0 Å². The van der Waals surface area contributed by atoms with Crippen LogP contribution in [0.15, 0.2) is 36.4 Å². The molecule has 0 atom stereocenters. The van der Waals surface area contributed by atoms with E-state index >= 15 is 0 Å². The van der Waals surface area contributed by atoms with Gasteiger partial charge in [-0.05, 0) is 29.2 Å². The van der Waals surface area contributed by atoms with E-state index in [0.29, 0.717) is 0 Å². The summed E-state index contributed by atoms with van der Waals surface area (Å²) in [6.07, 6.45) is 5.64. The molecule has 0 spiro atoms. The normalized spacial score (nSPS) is 10.8. The first-order chi connectivity index (χ1) is 9.22. The van der Waals surface area contributed by atoms with Gasteiger partial charge in [-0.2, -0.15) is 0 Å². The van der Waals surface area contributed by atoms with Crippen LogP contribution < -0.4 is 0 Å². The van der Waals surface area contributed by atoms with E-state index in [1.165, 1.54) is 19.3 Å². The van der Waals surface area contributed by atoms with Crippen molar-refractivity contribution in [2.75, 3.05) is 0 Å². The van der Waals surface area contributed by atoms with Gasteiger partial charge in [0.15, 0.2) is 0 Å². The monoisotopic (exact) mass is 257 g/mol. The summed E-state index contributed by atoms with van der Waals surface area (Å²) in [6.45, 7) is 2.18. The van der Waals surface area contributed by atoms with Gasteiger partial charge < -0.3 is 0 Å². The molecule has 0 saturated carbocycles. The number of nitro benzene ring substituents is 1. The van der Waals surface area contributed by atoms with Crippen LogP contribution in [0.2, 0.25) is 0 Å². The highest BCUT2D eigenvalue weighted by Crippen LogP contribution is 2.26. The molecule has 19 heavy (non-hydrogen) atoms. The fourth-order valence-corrected chi connectivity index (χ4v) is 2.43. The second-order valence-corrected chi connectivity index (χ2v) is 4.89. The molecule has 0 aromatic heterocycles. The number of unbranched alkanes of at least 4 members (excludes halogenated alkanes) is 3. The van der Waals surface area contributed by atoms with Gasteiger partial charge in [0.2, 0.25) is 0 Å². The molecule has 0 aliphatic rings. The maximum absolute atomic E-state index is 11.0. The molecule has 2 aromatic rings. The second-order valence-electron chi connectivity index (χ2n) is 4.89. The Kier molecular flexibility index (Phi) is 4.50. The molecule has 0 amide bonds. The summed E-state index contributed by atoms with van der Waals surface area (Å²) in [6, 6.07) is 11.3. The fraction of sp³-hybridized carbons (Fsp3) is 0.375. The predicted octanol–water partition coefficient (Wildman–Crippen LogP) is 4.87. The molecule has 0 fully saturated rings. The zero-order chi connectivity index (χ0) is 13.7. The van der Waals surface area contributed by atoms with Gasteiger partial charge in [0.25, 0.3) is 5.69 Å². The Morgan fingerprint density at radius 2 is 1.89 bits per heavy atom. The van der Waals surface area contributed by atoms with Gasteiger partial charge >= 0.3 is 0 Å². The smallest absolute Gasteiger partial charge is 0.258 e. The van der Waals surface area contributed by atoms with Crippen molar-refractivity contribution in [2.45, 2.75) is 39.0 Å². The molecule has 0 saturated heterocycles. The highest BCUT2D eigenvalue weighted by molar-refractivity contribution is 5.87. The van der Waals surface area contributed by atoms with Crippen molar-refractivity contribution >= 4 is 16.5 Å². The molecule has 0 aliphatic carbocycles. The van der Waals surface area contributed by atoms with Gasteiger partial charge in [-0.15, -0.1) is 0 Å². The van der Waals surface area contributed by atoms with E-state index in [9.17, 15) is 10.1 Å². The third kappa shape index (κ3) is 3.31. The van der Waals surface area contributed by atoms with Crippen molar-refractivity contribution < 1.29 is 4.92 Å². The maximum atomic E-state index is 11.0. The molecule has 3 heteroatoms. The topological polar surface area (TPSA) is 43.1 Å². The standard InChI is InChI=1S/C16H19NO2/c1-2-3-4-5-8-13-11-15(17(18)19)12-14-9-6-7-10-16(13)14/h6-7,9-12H,2-5,8H2,1H3. The Morgan fingerprint density at radius 3 is 2.63 bits per heavy atom. The maximum Gasteiger partial charge on any atom is 0.270 e. The highest BCUT2D eigenvalue weighted by Gasteiger charge is 2.10. The number of nitrogens with zero attached hydrogens (tertiary/aromatic N) is 1. The highest BCUT2D eigenvalue weighted by atomic mass is 16.6. The van der Waals surface area contributed by atoms with Gasteiger partial charge in [0.05, 0.1) is 4.92 Å². The number of hydrogen-bond donors (Lipinski definition) is 0. The third-order valence-corrected chi connectivity index (χ3v) is 3.44. The first-order valence-corrected chi connectivity index (χ1v) is 6.88. The molecule has 0 N–H and O–H groups in total. The number of nitro groups is 1. The van der Waals surface area contributed by atoms with Gasteiger partial charge in [-0.1, -0.05) is 50.5 Å². The summed E-state index contributed by atoms with van der Waals surface area (Å²) in [5, 5.41) is 13.1. The van der Waals surface area contributed by atoms with Gasteiger partial charge in [-0.3, -0.25) is 10.1 Å². The summed E-state index contributed by atoms with van der Waals surface area (Å²) < 4.78 is 0. The van der Waals surface area contributed by atoms with Crippen LogP contribution in [-0.2, 0) is 6.42 Å². The molecule has 100 valence electrons. The van der Waals surface area contributed by atoms with Crippen LogP contribution in [0.25, 0.3) is 10.8 Å². The number of hydrogen-bond acceptors (Lipinski definition) is 2. The van der Waals surface area contributed by atoms with Crippen molar-refractivity contribution in [3.05, 3.63) is 52.1 Å². The number of rotatable bonds is 6. The lowest BCUT2D eigenvalue weighted by molar-refractivity contribution is -0.384. The van der Waals surface area contributed by atoms with Gasteiger partial charge in [-0.25, -0.2) is 0 Å². The van der Waals surface area contributed by atoms with E-state index in [1.54, 1.807) is 12.1 Å². The minimum absolute atomic E-state index is 0.198. The van der Waals surface area contributed by atoms with Crippen LogP contribution in [-0.4, -0.2) is 4.92 Å². The predicted molar refractivity (Wildman–Crippen MR) is 78.4 cm³/mol. The van der Waals surface area contributed by atoms with Crippen LogP contribution >= 0.6 is 0 Å². The van der Waals surface area contributed by atoms with Crippen LogP contribution in [0, 0.1) is 10.1 Å². The summed E-state index contributed by atoms with van der Waals surface area (Å²) in [7, 11) is 0. The number of non-ortho nitro benzene ring substituents is 1. The average molecular weight is 257 g/mol. The Balaban J connectivity index is 2.31. The van der Waals surface area contributed by atoms with Crippen molar-refractivity contribution in [3.8, 4) is 0 Å². The molecule has 0 bridgehead atoms. The second kappa shape index (κ2) is 6.32. The summed E-state index contributed by atoms with van der Waals surface area (Å²) >= 11 is 0. The Hall–Kier alpha value is -1.90. The molecule has 3 nitrogen and oxygen atoms in total. The zero-order valence-electron chi connectivity index (χ0n) is 11.3. The van der Waals surface area contributed by atoms with E-state index in [0.717, 1.165) is 29.2 Å². The summed E-state index contributed by atoms with van der Waals surface area (Å²) in [5.41, 5.74) is 1.30. The fourth-order valence-electron chi connectivity index (χ4n) is 2.43. The quantitative estimate of drug-likeness (QED) is 0.421. The van der Waals surface area contributed by atoms with Crippen LogP contribution in [0.4, 0.5) is 5.69 Å². The summed E-state index contributed by atoms with van der Waals surface area (Å²) in [4.78, 5) is 10.7. The van der Waals surface area contributed by atoms with Crippen molar-refractivity contribution in [2.24, 2.45) is 0 Å². The molecule has 0 aliphatic heterocycles. The Bertz CT molecular complexity index is 578. The minimum atomic E-state index is -0.304. The third-order valence-electron chi connectivity index (χ3n) is 3.44. The number of benzene rings is 2. The molecule has 0 heterocycles. The van der Waals surface area contributed by atoms with E-state index in [-0.39, 0.29) is 10.6 Å². The minimum Gasteiger partial charge on any atom is -0.258 e. The molecule has 2 rings (SSSR count). The van der Waals surface area contributed by atoms with E-state index in [2.05, 4.69) is 6.92 Å². The Morgan fingerprint density at radius 1 is 1.11 bits per heavy atom. The first kappa shape index (κ1) is 13.5. The zero-order valence-corrected chi connectivity index (χ0v) is 11.3. The van der Waals surface area contributed by atoms with Gasteiger partial charge in [0, 0.05) is 12.1 Å². The SMILES string of the molecule is CCCCCCc1cc([N+](=O)[O-])cc2ccccc12. The number of aryl methyl sites for hydroxylation is 1. The van der Waals surface area contributed by atoms with E-state index < -0.39 is 0 Å². The van der Waals surface area contributed by atoms with Crippen molar-refractivity contribution in [3.63, 3.8) is 0 Å². The number of fused-ring (bicyclic) bond motifs is 1. The Labute approximate surface area is 113 Å². The molecule has 0 radical (unpaired) electrons. The lowest BCUT2D eigenvalue weighted by atomic mass is 9.98. The molecule has 0 unspecified atom stereocenters. The molecular formula is C16H19NO2.